The van der Waals surface area contributed by atoms with Gasteiger partial charge in [0, 0.05) is 5.56 Å². The van der Waals surface area contributed by atoms with Gasteiger partial charge < -0.3 is 14.0 Å². The highest BCUT2D eigenvalue weighted by molar-refractivity contribution is 7.86. The lowest BCUT2D eigenvalue weighted by atomic mass is 10.1. The Kier molecular flexibility index (Phi) is 7.42. The summed E-state index contributed by atoms with van der Waals surface area (Å²) in [4.78, 5) is 0. The third-order valence-electron chi connectivity index (χ3n) is 4.62. The molecule has 3 aromatic carbocycles. The Bertz CT molecular complexity index is 1370. The molecule has 34 heavy (non-hydrogen) atoms. The fourth-order valence-electron chi connectivity index (χ4n) is 2.96. The number of alkyl halides is 3. The summed E-state index contributed by atoms with van der Waals surface area (Å²) >= 11 is 0. The monoisotopic (exact) mass is 495 g/mol. The second kappa shape index (κ2) is 10.1. The molecule has 0 aliphatic rings. The van der Waals surface area contributed by atoms with E-state index < -0.39 is 15.6 Å². The first-order valence-corrected chi connectivity index (χ1v) is 11.1. The molecule has 0 unspecified atom stereocenters. The van der Waals surface area contributed by atoms with Gasteiger partial charge in [-0.2, -0.15) is 13.2 Å². The lowest BCUT2D eigenvalue weighted by Gasteiger charge is -2.08. The van der Waals surface area contributed by atoms with E-state index in [2.05, 4.69) is 23.4 Å². The normalized spacial score (nSPS) is 11.6. The first-order valence-electron chi connectivity index (χ1n) is 9.70. The molecule has 0 spiro atoms. The third-order valence-corrected chi connectivity index (χ3v) is 5.19. The Labute approximate surface area is 193 Å². The van der Waals surface area contributed by atoms with Crippen molar-refractivity contribution in [3.63, 3.8) is 0 Å². The van der Waals surface area contributed by atoms with Crippen molar-refractivity contribution in [3.8, 4) is 22.8 Å². The molecule has 8 nitrogen and oxygen atoms in total. The largest absolute Gasteiger partial charge is 0.741 e. The first kappa shape index (κ1) is 25.0. The fraction of sp³-hybridized carbons (Fsp3) is 0.182. The summed E-state index contributed by atoms with van der Waals surface area (Å²) in [6.45, 7) is 0.350. The molecule has 0 aliphatic carbocycles. The van der Waals surface area contributed by atoms with E-state index in [-0.39, 0.29) is 0 Å². The molecule has 12 heteroatoms. The molecule has 1 heterocycles. The van der Waals surface area contributed by atoms with Gasteiger partial charge in [0.2, 0.25) is 0 Å². The first-order chi connectivity index (χ1) is 16.0. The zero-order valence-electron chi connectivity index (χ0n) is 18.1. The van der Waals surface area contributed by atoms with Crippen LogP contribution < -0.4 is 14.2 Å². The van der Waals surface area contributed by atoms with E-state index in [0.29, 0.717) is 6.73 Å². The predicted octanol–water partition coefficient (Wildman–Crippen LogP) is 3.62. The van der Waals surface area contributed by atoms with E-state index in [1.165, 1.54) is 5.39 Å². The van der Waals surface area contributed by atoms with Crippen LogP contribution in [0.2, 0.25) is 0 Å². The Hall–Kier alpha value is -3.64. The highest BCUT2D eigenvalue weighted by Gasteiger charge is 2.36. The number of rotatable bonds is 5. The van der Waals surface area contributed by atoms with Crippen LogP contribution in [-0.4, -0.2) is 35.5 Å². The molecule has 0 radical (unpaired) electrons. The van der Waals surface area contributed by atoms with Crippen LogP contribution in [-0.2, 0) is 23.9 Å². The summed E-state index contributed by atoms with van der Waals surface area (Å²) in [7, 11) is -2.50. The number of aryl methyl sites for hydroxylation is 1. The van der Waals surface area contributed by atoms with Crippen LogP contribution in [0, 0.1) is 0 Å². The number of halogens is 3. The van der Waals surface area contributed by atoms with Gasteiger partial charge in [0.1, 0.15) is 18.5 Å². The van der Waals surface area contributed by atoms with Gasteiger partial charge in [-0.15, -0.1) is 9.36 Å². The average molecular weight is 495 g/mol. The molecule has 0 aliphatic heterocycles. The van der Waals surface area contributed by atoms with Gasteiger partial charge in [-0.25, -0.2) is 8.42 Å². The van der Waals surface area contributed by atoms with Crippen LogP contribution in [0.25, 0.3) is 22.0 Å². The molecule has 0 fully saturated rings. The molecule has 0 bridgehead atoms. The number of hydrogen-bond acceptors (Lipinski definition) is 6. The van der Waals surface area contributed by atoms with Crippen LogP contribution in [0.5, 0.6) is 11.5 Å². The lowest BCUT2D eigenvalue weighted by molar-refractivity contribution is -0.779. The van der Waals surface area contributed by atoms with Crippen molar-refractivity contribution < 1.29 is 40.3 Å². The summed E-state index contributed by atoms with van der Waals surface area (Å²) < 4.78 is 73.6. The van der Waals surface area contributed by atoms with Crippen molar-refractivity contribution in [1.82, 2.24) is 9.90 Å². The van der Waals surface area contributed by atoms with Crippen LogP contribution in [0.1, 0.15) is 0 Å². The smallest absolute Gasteiger partial charge is 0.485 e. The van der Waals surface area contributed by atoms with Crippen molar-refractivity contribution in [3.05, 3.63) is 72.9 Å². The predicted molar refractivity (Wildman–Crippen MR) is 116 cm³/mol. The number of benzene rings is 3. The van der Waals surface area contributed by atoms with Gasteiger partial charge in [0.05, 0.1) is 12.3 Å². The highest BCUT2D eigenvalue weighted by Crippen LogP contribution is 2.22. The van der Waals surface area contributed by atoms with Crippen LogP contribution in [0.4, 0.5) is 13.2 Å². The molecule has 4 aromatic rings. The highest BCUT2D eigenvalue weighted by atomic mass is 32.2. The Morgan fingerprint density at radius 2 is 1.59 bits per heavy atom. The van der Waals surface area contributed by atoms with E-state index in [0.717, 1.165) is 28.1 Å². The molecule has 4 rings (SSSR count). The van der Waals surface area contributed by atoms with Crippen molar-refractivity contribution in [2.75, 3.05) is 7.11 Å². The van der Waals surface area contributed by atoms with Crippen LogP contribution >= 0.6 is 0 Å². The van der Waals surface area contributed by atoms with E-state index in [1.807, 2.05) is 66.5 Å². The summed E-state index contributed by atoms with van der Waals surface area (Å²) in [6.07, 6.45) is 1.98. The van der Waals surface area contributed by atoms with Gasteiger partial charge >= 0.3 is 5.51 Å². The van der Waals surface area contributed by atoms with E-state index >= 15 is 0 Å². The standard InChI is InChI=1S/C21H20N3O2.CHF3O3S/c1-23-21(17-8-10-19(25-2)11-9-17)14-24(22-23)15-26-20-12-7-16-5-3-4-6-18(16)13-20;2-1(3,4)8(5,6)7/h3-14H,15H2,1-2H3;(H,5,6,7)/q+1;/p-1. The minimum absolute atomic E-state index is 0.350. The van der Waals surface area contributed by atoms with Gasteiger partial charge in [-0.1, -0.05) is 30.3 Å². The maximum atomic E-state index is 10.7. The minimum Gasteiger partial charge on any atom is -0.741 e. The number of aromatic nitrogens is 3. The topological polar surface area (TPSA) is 97.4 Å². The molecule has 0 atom stereocenters. The summed E-state index contributed by atoms with van der Waals surface area (Å²) in [5, 5.41) is 6.85. The fourth-order valence-corrected chi connectivity index (χ4v) is 2.96. The molecule has 180 valence electrons. The maximum absolute atomic E-state index is 10.7. The number of fused-ring (bicyclic) bond motifs is 1. The molecule has 0 N–H and O–H groups in total. The third kappa shape index (κ3) is 6.23. The van der Waals surface area contributed by atoms with Crippen LogP contribution in [0.15, 0.2) is 72.9 Å². The molecular weight excluding hydrogens is 475 g/mol. The lowest BCUT2D eigenvalue weighted by Crippen LogP contribution is -2.38. The van der Waals surface area contributed by atoms with Gasteiger partial charge in [-0.05, 0) is 47.2 Å². The van der Waals surface area contributed by atoms with Crippen molar-refractivity contribution in [2.24, 2.45) is 7.05 Å². The van der Waals surface area contributed by atoms with Crippen molar-refractivity contribution in [2.45, 2.75) is 12.2 Å². The van der Waals surface area contributed by atoms with E-state index in [9.17, 15) is 13.2 Å². The molecule has 0 saturated heterocycles. The number of methoxy groups -OCH3 is 1. The minimum atomic E-state index is -6.09. The maximum Gasteiger partial charge on any atom is 0.485 e. The van der Waals surface area contributed by atoms with Gasteiger partial charge in [0.15, 0.2) is 22.0 Å². The van der Waals surface area contributed by atoms with E-state index in [1.54, 1.807) is 11.8 Å². The van der Waals surface area contributed by atoms with Gasteiger partial charge in [0.25, 0.3) is 6.73 Å². The number of ether oxygens (including phenoxy) is 2. The zero-order valence-corrected chi connectivity index (χ0v) is 18.9. The SMILES string of the molecule is COc1ccc(-c2c[n+](COc3ccc4ccccc4c3)nn2C)cc1.O=S(=O)([O-])C(F)(F)F. The summed E-state index contributed by atoms with van der Waals surface area (Å²) in [5.74, 6) is 1.66. The Balaban J connectivity index is 0.000000350. The van der Waals surface area contributed by atoms with Crippen molar-refractivity contribution in [1.29, 1.82) is 0 Å². The summed E-state index contributed by atoms with van der Waals surface area (Å²) in [6, 6.07) is 22.3. The second-order valence-corrected chi connectivity index (χ2v) is 8.35. The van der Waals surface area contributed by atoms with Crippen LogP contribution in [0.3, 0.4) is 0 Å². The van der Waals surface area contributed by atoms with Gasteiger partial charge in [-0.3, -0.25) is 0 Å². The van der Waals surface area contributed by atoms with E-state index in [4.69, 9.17) is 22.4 Å². The van der Waals surface area contributed by atoms with Crippen molar-refractivity contribution >= 4 is 20.9 Å². The average Bonchev–Trinajstić information content (AvgIpc) is 3.17. The Morgan fingerprint density at radius 1 is 1.00 bits per heavy atom. The summed E-state index contributed by atoms with van der Waals surface area (Å²) in [5.41, 5.74) is -3.56. The zero-order chi connectivity index (χ0) is 24.9. The quantitative estimate of drug-likeness (QED) is 0.238. The molecular formula is C22H20F3N3O5S. The molecule has 0 amide bonds. The second-order valence-electron chi connectivity index (χ2n) is 6.98. The number of nitrogens with zero attached hydrogens (tertiary/aromatic N) is 3. The number of hydrogen-bond donors (Lipinski definition) is 0. The molecule has 0 saturated carbocycles. The molecule has 1 aromatic heterocycles. The Morgan fingerprint density at radius 3 is 2.18 bits per heavy atom.